The quantitative estimate of drug-likeness (QED) is 0.0381. The van der Waals surface area contributed by atoms with Crippen molar-refractivity contribution in [3.8, 4) is 21.6 Å². The molecule has 1 aliphatic carbocycles. The number of benzene rings is 2. The van der Waals surface area contributed by atoms with Gasteiger partial charge in [0.2, 0.25) is 23.6 Å². The number of likely N-dealkylation sites (tertiary alicyclic amines) is 1. The minimum Gasteiger partial charge on any atom is -0.391 e. The number of pyridine rings is 1. The van der Waals surface area contributed by atoms with E-state index in [2.05, 4.69) is 61.8 Å². The van der Waals surface area contributed by atoms with Gasteiger partial charge >= 0.3 is 0 Å². The summed E-state index contributed by atoms with van der Waals surface area (Å²) < 4.78 is 1.94. The Kier molecular flexibility index (Phi) is 19.1. The maximum atomic E-state index is 14.1. The molecule has 420 valence electrons. The highest BCUT2D eigenvalue weighted by atomic mass is 32.1. The van der Waals surface area contributed by atoms with Gasteiger partial charge in [0, 0.05) is 113 Å². The van der Waals surface area contributed by atoms with Crippen LogP contribution in [0.1, 0.15) is 134 Å². The Hall–Kier alpha value is -6.89. The summed E-state index contributed by atoms with van der Waals surface area (Å²) in [5, 5.41) is 25.0. The predicted octanol–water partition coefficient (Wildman–Crippen LogP) is 8.31. The van der Waals surface area contributed by atoms with E-state index < -0.39 is 29.5 Å². The molecule has 0 spiro atoms. The molecule has 4 N–H and O–H groups in total. The minimum absolute atomic E-state index is 0.000130. The van der Waals surface area contributed by atoms with Gasteiger partial charge in [0.25, 0.3) is 0 Å². The number of β-amino-alcohol motifs (C(OH)–C–C–N with tert-alkyl or cyclic N) is 1. The number of nitrogens with zero attached hydrogens (tertiary/aromatic N) is 7. The number of Topliss-reactive ketones (excluding diaryl/α,β-unsaturated/α-hetero) is 2. The Balaban J connectivity index is 0.735. The number of carbonyl (C=O) groups excluding carboxylic acids is 6. The van der Waals surface area contributed by atoms with Crippen LogP contribution in [0.4, 0.5) is 5.82 Å². The third-order valence-electron chi connectivity index (χ3n) is 15.4. The van der Waals surface area contributed by atoms with Crippen molar-refractivity contribution in [2.45, 2.75) is 144 Å². The lowest BCUT2D eigenvalue weighted by molar-refractivity contribution is -0.144. The third-order valence-corrected chi connectivity index (χ3v) is 16.3. The van der Waals surface area contributed by atoms with Crippen LogP contribution in [-0.4, -0.2) is 134 Å². The maximum Gasteiger partial charge on any atom is 0.246 e. The number of thiazole rings is 1. The molecule has 18 heteroatoms. The number of ketones is 2. The van der Waals surface area contributed by atoms with Crippen molar-refractivity contribution >= 4 is 63.3 Å². The number of allylic oxidation sites excluding steroid dienone is 4. The van der Waals surface area contributed by atoms with Crippen molar-refractivity contribution in [3.05, 3.63) is 106 Å². The van der Waals surface area contributed by atoms with E-state index in [0.717, 1.165) is 99.0 Å². The number of aliphatic hydroxyl groups excluding tert-OH is 1. The normalized spacial score (nSPS) is 17.6. The lowest BCUT2D eigenvalue weighted by Crippen LogP contribution is -2.57. The van der Waals surface area contributed by atoms with Crippen LogP contribution in [0.25, 0.3) is 32.5 Å². The Morgan fingerprint density at radius 1 is 0.835 bits per heavy atom. The smallest absolute Gasteiger partial charge is 0.246 e. The van der Waals surface area contributed by atoms with E-state index in [1.807, 2.05) is 100 Å². The molecule has 2 saturated heterocycles. The first-order valence-electron chi connectivity index (χ1n) is 27.9. The van der Waals surface area contributed by atoms with Gasteiger partial charge in [-0.05, 0) is 111 Å². The molecule has 3 aliphatic rings. The second-order valence-corrected chi connectivity index (χ2v) is 23.8. The number of aliphatic hydroxyl groups is 1. The van der Waals surface area contributed by atoms with Crippen LogP contribution in [0.3, 0.4) is 0 Å². The van der Waals surface area contributed by atoms with Crippen LogP contribution in [-0.2, 0) is 30.5 Å². The van der Waals surface area contributed by atoms with E-state index in [1.54, 1.807) is 17.5 Å². The number of unbranched alkanes of at least 4 members (excludes halogenated alkanes) is 2. The van der Waals surface area contributed by atoms with Gasteiger partial charge in [0.15, 0.2) is 11.6 Å². The van der Waals surface area contributed by atoms with E-state index in [9.17, 15) is 33.9 Å². The summed E-state index contributed by atoms with van der Waals surface area (Å²) in [5.74, 6) is -0.118. The first-order chi connectivity index (χ1) is 37.7. The van der Waals surface area contributed by atoms with Crippen LogP contribution in [0.5, 0.6) is 0 Å². The highest BCUT2D eigenvalue weighted by Crippen LogP contribution is 2.33. The van der Waals surface area contributed by atoms with Gasteiger partial charge in [0.1, 0.15) is 17.9 Å². The molecule has 5 heterocycles. The zero-order chi connectivity index (χ0) is 56.5. The average molecular weight is 1100 g/mol. The van der Waals surface area contributed by atoms with Crippen molar-refractivity contribution in [2.24, 2.45) is 5.41 Å². The number of aryl methyl sites for hydroxylation is 1. The first kappa shape index (κ1) is 58.3. The second-order valence-electron chi connectivity index (χ2n) is 22.9. The molecule has 3 aromatic heterocycles. The predicted molar refractivity (Wildman–Crippen MR) is 309 cm³/mol. The molecule has 0 radical (unpaired) electrons. The van der Waals surface area contributed by atoms with E-state index >= 15 is 0 Å². The largest absolute Gasteiger partial charge is 0.391 e. The molecule has 79 heavy (non-hydrogen) atoms. The van der Waals surface area contributed by atoms with Gasteiger partial charge in [-0.2, -0.15) is 5.10 Å². The molecule has 4 amide bonds. The van der Waals surface area contributed by atoms with Crippen molar-refractivity contribution < 1.29 is 33.9 Å². The Bertz CT molecular complexity index is 3090. The van der Waals surface area contributed by atoms with Crippen LogP contribution in [0, 0.1) is 12.3 Å². The molecule has 17 nitrogen and oxygen atoms in total. The van der Waals surface area contributed by atoms with Crippen molar-refractivity contribution in [1.29, 1.82) is 0 Å². The number of hydrogen-bond donors (Lipinski definition) is 4. The molecule has 2 fully saturated rings. The molecule has 0 unspecified atom stereocenters. The monoisotopic (exact) mass is 1090 g/mol. The Morgan fingerprint density at radius 2 is 1.56 bits per heavy atom. The standard InChI is InChI=1S/C61H78N10O7S/c1-38(2)71-50-31-45(30-48(49(50)35-66-71)52(73)20-19-47-40(4)28-39(3)29-53(47)74)44-18-21-54(63-34-44)69-26-24-68(25-27-69)23-22-62-55(75)12-10-9-11-13-56(76)67-58(61(6,7)8)60(78)70-36-46(72)32-51(70)59(77)64-33-42-14-16-43(17-15-42)57-41(5)65-37-79-57/h14-18,21,28,30-31,34-35,37-38,46,51,58,72H,9-13,19-20,22-27,29,32-33,36H2,1-8H3,(H,62,75)(H,64,77)(H,67,76)/t46-,51+,58-/m1/s1. The summed E-state index contributed by atoms with van der Waals surface area (Å²) in [6, 6.07) is 14.3. The number of fused-ring (bicyclic) bond motifs is 1. The molecule has 2 aromatic carbocycles. The fourth-order valence-corrected chi connectivity index (χ4v) is 11.7. The van der Waals surface area contributed by atoms with Gasteiger partial charge in [-0.25, -0.2) is 9.97 Å². The van der Waals surface area contributed by atoms with E-state index in [4.69, 9.17) is 4.98 Å². The third kappa shape index (κ3) is 14.7. The van der Waals surface area contributed by atoms with Crippen LogP contribution in [0.15, 0.2) is 89.2 Å². The van der Waals surface area contributed by atoms with Crippen molar-refractivity contribution in [1.82, 2.24) is 45.5 Å². The first-order valence-corrected chi connectivity index (χ1v) is 28.8. The van der Waals surface area contributed by atoms with Gasteiger partial charge in [0.05, 0.1) is 33.9 Å². The number of hydrogen-bond acceptors (Lipinski definition) is 13. The van der Waals surface area contributed by atoms with E-state index in [-0.39, 0.29) is 67.7 Å². The molecule has 5 aromatic rings. The summed E-state index contributed by atoms with van der Waals surface area (Å²) in [6.07, 6.45) is 8.34. The van der Waals surface area contributed by atoms with E-state index in [0.29, 0.717) is 50.6 Å². The number of piperazine rings is 1. The number of carbonyl (C=O) groups is 6. The summed E-state index contributed by atoms with van der Waals surface area (Å²) in [4.78, 5) is 96.7. The summed E-state index contributed by atoms with van der Waals surface area (Å²) in [7, 11) is 0. The number of amides is 4. The fraction of sp³-hybridized carbons (Fsp3) is 0.492. The zero-order valence-corrected chi connectivity index (χ0v) is 48.0. The molecule has 0 saturated carbocycles. The number of aromatic nitrogens is 4. The molecular weight excluding hydrogens is 1020 g/mol. The highest BCUT2D eigenvalue weighted by Gasteiger charge is 2.44. The number of anilines is 1. The van der Waals surface area contributed by atoms with Gasteiger partial charge in [-0.3, -0.25) is 38.3 Å². The lowest BCUT2D eigenvalue weighted by atomic mass is 9.85. The van der Waals surface area contributed by atoms with Crippen molar-refractivity contribution in [3.63, 3.8) is 0 Å². The Labute approximate surface area is 468 Å². The molecule has 3 atom stereocenters. The highest BCUT2D eigenvalue weighted by molar-refractivity contribution is 7.13. The molecule has 2 aliphatic heterocycles. The van der Waals surface area contributed by atoms with Crippen LogP contribution in [0.2, 0.25) is 0 Å². The molecular formula is C61H78N10O7S. The second kappa shape index (κ2) is 25.9. The van der Waals surface area contributed by atoms with Gasteiger partial charge < -0.3 is 30.9 Å². The lowest BCUT2D eigenvalue weighted by Gasteiger charge is -2.35. The zero-order valence-electron chi connectivity index (χ0n) is 47.2. The van der Waals surface area contributed by atoms with Gasteiger partial charge in [-0.1, -0.05) is 63.1 Å². The van der Waals surface area contributed by atoms with E-state index in [1.165, 1.54) is 4.90 Å². The van der Waals surface area contributed by atoms with Crippen LogP contribution >= 0.6 is 11.3 Å². The average Bonchev–Trinajstić information content (AvgIpc) is 4.20. The summed E-state index contributed by atoms with van der Waals surface area (Å²) >= 11 is 1.57. The maximum absolute atomic E-state index is 14.1. The molecule has 0 bridgehead atoms. The summed E-state index contributed by atoms with van der Waals surface area (Å²) in [5.41, 5.74) is 10.0. The Morgan fingerprint density at radius 3 is 2.22 bits per heavy atom. The SMILES string of the molecule is CC1=CC(C)=C(CCC(=O)c2cc(-c3ccc(N4CCN(CCNC(=O)CCCCCC(=O)N[C@H](C(=O)N5C[C@H](O)C[C@H]5C(=O)NCc5ccc(-c6scnc6C)cc5)C(C)(C)C)CC4)nc3)cc3c2cnn3C(C)C)C(=O)C1. The molecule has 8 rings (SSSR count). The fourth-order valence-electron chi connectivity index (χ4n) is 10.9. The summed E-state index contributed by atoms with van der Waals surface area (Å²) in [6.45, 7) is 20.3. The van der Waals surface area contributed by atoms with Crippen molar-refractivity contribution in [2.75, 3.05) is 50.7 Å². The number of nitrogens with one attached hydrogen (secondary N) is 3. The topological polar surface area (TPSA) is 212 Å². The van der Waals surface area contributed by atoms with Gasteiger partial charge in [-0.15, -0.1) is 11.3 Å². The van der Waals surface area contributed by atoms with Crippen LogP contribution < -0.4 is 20.9 Å². The number of rotatable bonds is 22. The minimum atomic E-state index is -0.910.